The van der Waals surface area contributed by atoms with Gasteiger partial charge in [0.1, 0.15) is 12.1 Å². The quantitative estimate of drug-likeness (QED) is 0.153. The lowest BCUT2D eigenvalue weighted by atomic mass is 10.1. The second kappa shape index (κ2) is 13.4. The Balaban J connectivity index is 2.68. The molecule has 9 N–H and O–H groups in total. The number of aliphatic carboxylic acids is 2. The van der Waals surface area contributed by atoms with Crippen molar-refractivity contribution in [1.82, 2.24) is 16.0 Å². The van der Waals surface area contributed by atoms with E-state index in [4.69, 9.17) is 21.7 Å². The van der Waals surface area contributed by atoms with E-state index < -0.39 is 73.1 Å². The van der Waals surface area contributed by atoms with Crippen LogP contribution in [0.2, 0.25) is 0 Å². The molecule has 0 aromatic heterocycles. The summed E-state index contributed by atoms with van der Waals surface area (Å²) in [6.45, 7) is -0.554. The lowest BCUT2D eigenvalue weighted by Gasteiger charge is -2.21. The number of carboxylic acids is 2. The Hall–Kier alpha value is -4.00. The molecule has 0 radical (unpaired) electrons. The van der Waals surface area contributed by atoms with Crippen LogP contribution in [0.4, 0.5) is 0 Å². The van der Waals surface area contributed by atoms with Gasteiger partial charge in [-0.3, -0.25) is 24.0 Å². The van der Waals surface area contributed by atoms with E-state index in [0.717, 1.165) is 5.56 Å². The van der Waals surface area contributed by atoms with Crippen LogP contribution < -0.4 is 27.4 Å². The van der Waals surface area contributed by atoms with Crippen molar-refractivity contribution in [3.8, 4) is 0 Å². The maximum atomic E-state index is 12.4. The van der Waals surface area contributed by atoms with Crippen LogP contribution in [0.5, 0.6) is 0 Å². The minimum Gasteiger partial charge on any atom is -0.481 e. The standard InChI is InChI=1S/C20H27N5O8/c21-12(8-11-4-2-1-3-5-11)18(30)23-10-16(27)24-13(6-7-17(28)29)19(31)25-14(20(32)33)9-15(22)26/h1-5,12-14H,6-10,21H2,(H2,22,26)(H,23,30)(H,24,27)(H,25,31)(H,28,29)(H,32,33). The molecule has 0 spiro atoms. The third-order valence-corrected chi connectivity index (χ3v) is 4.38. The molecule has 0 saturated carbocycles. The Morgan fingerprint density at radius 2 is 1.55 bits per heavy atom. The van der Waals surface area contributed by atoms with Crippen LogP contribution in [-0.2, 0) is 35.2 Å². The van der Waals surface area contributed by atoms with E-state index in [1.165, 1.54) is 0 Å². The van der Waals surface area contributed by atoms with Gasteiger partial charge in [0.2, 0.25) is 23.6 Å². The Kier molecular flexibility index (Phi) is 11.0. The molecule has 3 unspecified atom stereocenters. The van der Waals surface area contributed by atoms with Gasteiger partial charge >= 0.3 is 11.9 Å². The molecule has 13 nitrogen and oxygen atoms in total. The smallest absolute Gasteiger partial charge is 0.326 e. The average Bonchev–Trinajstić information content (AvgIpc) is 2.74. The number of amides is 4. The minimum absolute atomic E-state index is 0.231. The summed E-state index contributed by atoms with van der Waals surface area (Å²) in [5.74, 6) is -6.25. The molecule has 3 atom stereocenters. The third kappa shape index (κ3) is 10.7. The summed E-state index contributed by atoms with van der Waals surface area (Å²) in [6.07, 6.45) is -1.35. The molecule has 0 aliphatic rings. The van der Waals surface area contributed by atoms with Gasteiger partial charge in [-0.15, -0.1) is 0 Å². The first-order chi connectivity index (χ1) is 15.5. The van der Waals surface area contributed by atoms with Gasteiger partial charge in [0.15, 0.2) is 0 Å². The van der Waals surface area contributed by atoms with Crippen LogP contribution in [0, 0.1) is 0 Å². The van der Waals surface area contributed by atoms with Gasteiger partial charge in [-0.1, -0.05) is 30.3 Å². The van der Waals surface area contributed by atoms with Gasteiger partial charge in [-0.2, -0.15) is 0 Å². The summed E-state index contributed by atoms with van der Waals surface area (Å²) in [5, 5.41) is 24.5. The normalized spacial score (nSPS) is 13.1. The molecule has 1 rings (SSSR count). The molecule has 13 heteroatoms. The summed E-state index contributed by atoms with van der Waals surface area (Å²) in [7, 11) is 0. The number of carbonyl (C=O) groups is 6. The van der Waals surface area contributed by atoms with Gasteiger partial charge in [0.25, 0.3) is 0 Å². The summed E-state index contributed by atoms with van der Waals surface area (Å²) in [4.78, 5) is 69.8. The second-order valence-corrected chi connectivity index (χ2v) is 7.14. The molecular formula is C20H27N5O8. The monoisotopic (exact) mass is 465 g/mol. The number of nitrogens with one attached hydrogen (secondary N) is 3. The van der Waals surface area contributed by atoms with Gasteiger partial charge < -0.3 is 37.6 Å². The number of primary amides is 1. The highest BCUT2D eigenvalue weighted by Crippen LogP contribution is 2.03. The Labute approximate surface area is 188 Å². The van der Waals surface area contributed by atoms with E-state index in [1.54, 1.807) is 24.3 Å². The third-order valence-electron chi connectivity index (χ3n) is 4.38. The first kappa shape index (κ1) is 27.0. The molecular weight excluding hydrogens is 438 g/mol. The molecule has 0 heterocycles. The summed E-state index contributed by atoms with van der Waals surface area (Å²) in [6, 6.07) is 4.93. The van der Waals surface area contributed by atoms with Crippen molar-refractivity contribution in [2.24, 2.45) is 11.5 Å². The van der Waals surface area contributed by atoms with Crippen LogP contribution >= 0.6 is 0 Å². The van der Waals surface area contributed by atoms with E-state index in [-0.39, 0.29) is 12.8 Å². The average molecular weight is 465 g/mol. The Morgan fingerprint density at radius 3 is 2.09 bits per heavy atom. The van der Waals surface area contributed by atoms with Crippen molar-refractivity contribution in [3.05, 3.63) is 35.9 Å². The summed E-state index contributed by atoms with van der Waals surface area (Å²) < 4.78 is 0. The van der Waals surface area contributed by atoms with Crippen LogP contribution in [0.1, 0.15) is 24.8 Å². The first-order valence-corrected chi connectivity index (χ1v) is 9.89. The zero-order chi connectivity index (χ0) is 25.0. The fourth-order valence-corrected chi connectivity index (χ4v) is 2.71. The number of rotatable bonds is 14. The van der Waals surface area contributed by atoms with E-state index in [0.29, 0.717) is 0 Å². The maximum Gasteiger partial charge on any atom is 0.326 e. The van der Waals surface area contributed by atoms with Gasteiger partial charge in [0.05, 0.1) is 19.0 Å². The van der Waals surface area contributed by atoms with Crippen LogP contribution in [0.25, 0.3) is 0 Å². The summed E-state index contributed by atoms with van der Waals surface area (Å²) >= 11 is 0. The predicted octanol–water partition coefficient (Wildman–Crippen LogP) is -2.53. The van der Waals surface area contributed by atoms with Crippen molar-refractivity contribution < 1.29 is 39.0 Å². The number of carboxylic acid groups (broad SMARTS) is 2. The number of hydrogen-bond acceptors (Lipinski definition) is 7. The molecule has 0 bridgehead atoms. The van der Waals surface area contributed by atoms with Crippen molar-refractivity contribution in [1.29, 1.82) is 0 Å². The number of nitrogens with two attached hydrogens (primary N) is 2. The lowest BCUT2D eigenvalue weighted by molar-refractivity contribution is -0.144. The molecule has 4 amide bonds. The zero-order valence-corrected chi connectivity index (χ0v) is 17.7. The van der Waals surface area contributed by atoms with E-state index in [9.17, 15) is 28.8 Å². The van der Waals surface area contributed by atoms with Gasteiger partial charge in [-0.05, 0) is 18.4 Å². The lowest BCUT2D eigenvalue weighted by Crippen LogP contribution is -2.54. The second-order valence-electron chi connectivity index (χ2n) is 7.14. The van der Waals surface area contributed by atoms with Crippen molar-refractivity contribution in [2.75, 3.05) is 6.54 Å². The zero-order valence-electron chi connectivity index (χ0n) is 17.7. The van der Waals surface area contributed by atoms with E-state index in [2.05, 4.69) is 10.6 Å². The number of benzene rings is 1. The number of carbonyl (C=O) groups excluding carboxylic acids is 4. The highest BCUT2D eigenvalue weighted by Gasteiger charge is 2.28. The van der Waals surface area contributed by atoms with Crippen LogP contribution in [0.3, 0.4) is 0 Å². The van der Waals surface area contributed by atoms with Crippen LogP contribution in [-0.4, -0.2) is 70.5 Å². The first-order valence-electron chi connectivity index (χ1n) is 9.89. The Morgan fingerprint density at radius 1 is 0.909 bits per heavy atom. The van der Waals surface area contributed by atoms with Crippen molar-refractivity contribution in [3.63, 3.8) is 0 Å². The molecule has 0 fully saturated rings. The molecule has 1 aromatic carbocycles. The number of hydrogen-bond donors (Lipinski definition) is 7. The molecule has 33 heavy (non-hydrogen) atoms. The molecule has 0 saturated heterocycles. The molecule has 0 aliphatic carbocycles. The van der Waals surface area contributed by atoms with E-state index in [1.807, 2.05) is 11.4 Å². The van der Waals surface area contributed by atoms with Gasteiger partial charge in [-0.25, -0.2) is 4.79 Å². The molecule has 1 aromatic rings. The predicted molar refractivity (Wildman–Crippen MR) is 113 cm³/mol. The Bertz CT molecular complexity index is 876. The molecule has 0 aliphatic heterocycles. The fourth-order valence-electron chi connectivity index (χ4n) is 2.71. The SMILES string of the molecule is NC(=O)CC(NC(=O)C(CCC(=O)O)NC(=O)CNC(=O)C(N)Cc1ccccc1)C(=O)O. The van der Waals surface area contributed by atoms with Crippen molar-refractivity contribution in [2.45, 2.75) is 43.8 Å². The highest BCUT2D eigenvalue weighted by atomic mass is 16.4. The summed E-state index contributed by atoms with van der Waals surface area (Å²) in [5.41, 5.74) is 11.6. The highest BCUT2D eigenvalue weighted by molar-refractivity contribution is 5.93. The molecule has 180 valence electrons. The van der Waals surface area contributed by atoms with E-state index >= 15 is 0 Å². The minimum atomic E-state index is -1.66. The topological polar surface area (TPSA) is 231 Å². The maximum absolute atomic E-state index is 12.4. The van der Waals surface area contributed by atoms with Gasteiger partial charge in [0, 0.05) is 6.42 Å². The largest absolute Gasteiger partial charge is 0.481 e. The fraction of sp³-hybridized carbons (Fsp3) is 0.400. The van der Waals surface area contributed by atoms with Crippen LogP contribution in [0.15, 0.2) is 30.3 Å². The van der Waals surface area contributed by atoms with Crippen molar-refractivity contribution >= 4 is 35.6 Å².